The second kappa shape index (κ2) is 5.75. The number of amides is 1. The van der Waals surface area contributed by atoms with Crippen LogP contribution < -0.4 is 5.32 Å². The second-order valence-electron chi connectivity index (χ2n) is 5.40. The van der Waals surface area contributed by atoms with Crippen LogP contribution in [0.1, 0.15) is 46.7 Å². The van der Waals surface area contributed by atoms with Crippen LogP contribution in [-0.4, -0.2) is 39.4 Å². The molecule has 116 valence electrons. The van der Waals surface area contributed by atoms with Crippen molar-refractivity contribution in [2.75, 3.05) is 18.9 Å². The van der Waals surface area contributed by atoms with Crippen LogP contribution in [0, 0.1) is 13.8 Å². The van der Waals surface area contributed by atoms with Gasteiger partial charge in [-0.15, -0.1) is 0 Å². The van der Waals surface area contributed by atoms with Crippen LogP contribution in [0.3, 0.4) is 0 Å². The number of aromatic nitrogens is 3. The summed E-state index contributed by atoms with van der Waals surface area (Å²) < 4.78 is 5.24. The van der Waals surface area contributed by atoms with Crippen LogP contribution in [0.2, 0.25) is 0 Å². The van der Waals surface area contributed by atoms with Crippen LogP contribution in [0.25, 0.3) is 0 Å². The molecule has 1 N–H and O–H groups in total. The van der Waals surface area contributed by atoms with E-state index in [1.807, 2.05) is 24.9 Å². The standard InChI is InChI=1S/C15H19N5O2/c1-9-14(22-8-17-9)15(21)20-6-4-5-12(20)11-7-13(16-3)19-10(2)18-11/h7-8,12H,4-6H2,1-3H3,(H,16,18,19)/t12-/m0/s1. The van der Waals surface area contributed by atoms with Crippen LogP contribution in [0.5, 0.6) is 0 Å². The van der Waals surface area contributed by atoms with E-state index in [0.29, 0.717) is 23.8 Å². The molecule has 0 bridgehead atoms. The molecule has 0 aliphatic carbocycles. The van der Waals surface area contributed by atoms with Crippen LogP contribution in [0.15, 0.2) is 16.9 Å². The third-order valence-electron chi connectivity index (χ3n) is 3.91. The summed E-state index contributed by atoms with van der Waals surface area (Å²) in [6.45, 7) is 4.32. The molecule has 22 heavy (non-hydrogen) atoms. The zero-order chi connectivity index (χ0) is 15.7. The van der Waals surface area contributed by atoms with Crippen LogP contribution >= 0.6 is 0 Å². The van der Waals surface area contributed by atoms with Gasteiger partial charge in [0.05, 0.1) is 17.4 Å². The Labute approximate surface area is 128 Å². The highest BCUT2D eigenvalue weighted by molar-refractivity contribution is 5.92. The first-order valence-corrected chi connectivity index (χ1v) is 7.34. The average Bonchev–Trinajstić information content (AvgIpc) is 3.14. The normalized spacial score (nSPS) is 17.8. The Morgan fingerprint density at radius 3 is 2.91 bits per heavy atom. The number of carbonyl (C=O) groups excluding carboxylic acids is 1. The van der Waals surface area contributed by atoms with Gasteiger partial charge in [0.1, 0.15) is 11.6 Å². The smallest absolute Gasteiger partial charge is 0.292 e. The van der Waals surface area contributed by atoms with Crippen molar-refractivity contribution < 1.29 is 9.21 Å². The van der Waals surface area contributed by atoms with E-state index >= 15 is 0 Å². The van der Waals surface area contributed by atoms with Crippen molar-refractivity contribution >= 4 is 11.7 Å². The summed E-state index contributed by atoms with van der Waals surface area (Å²) in [5.74, 6) is 1.64. The molecule has 0 aromatic carbocycles. The number of aryl methyl sites for hydroxylation is 2. The second-order valence-corrected chi connectivity index (χ2v) is 5.40. The fraction of sp³-hybridized carbons (Fsp3) is 0.467. The summed E-state index contributed by atoms with van der Waals surface area (Å²) in [5.41, 5.74) is 1.48. The molecule has 1 atom stereocenters. The number of nitrogens with zero attached hydrogens (tertiary/aromatic N) is 4. The molecule has 2 aromatic rings. The minimum absolute atomic E-state index is 0.0502. The quantitative estimate of drug-likeness (QED) is 0.934. The van der Waals surface area contributed by atoms with Crippen molar-refractivity contribution in [3.8, 4) is 0 Å². The van der Waals surface area contributed by atoms with Crippen molar-refractivity contribution in [2.24, 2.45) is 0 Å². The van der Waals surface area contributed by atoms with E-state index in [0.717, 1.165) is 24.4 Å². The SMILES string of the molecule is CNc1cc([C@@H]2CCCN2C(=O)c2ocnc2C)nc(C)n1. The molecule has 3 heterocycles. The van der Waals surface area contributed by atoms with Gasteiger partial charge in [0.25, 0.3) is 5.91 Å². The Morgan fingerprint density at radius 1 is 1.41 bits per heavy atom. The van der Waals surface area contributed by atoms with Gasteiger partial charge in [-0.3, -0.25) is 4.79 Å². The molecule has 0 radical (unpaired) electrons. The Morgan fingerprint density at radius 2 is 2.23 bits per heavy atom. The number of carbonyl (C=O) groups is 1. The largest absolute Gasteiger partial charge is 0.438 e. The molecule has 0 unspecified atom stereocenters. The highest BCUT2D eigenvalue weighted by Gasteiger charge is 2.34. The molecule has 0 saturated carbocycles. The van der Waals surface area contributed by atoms with Gasteiger partial charge in [-0.25, -0.2) is 15.0 Å². The summed E-state index contributed by atoms with van der Waals surface area (Å²) in [6.07, 6.45) is 3.14. The van der Waals surface area contributed by atoms with Gasteiger partial charge in [0, 0.05) is 19.7 Å². The highest BCUT2D eigenvalue weighted by atomic mass is 16.3. The number of anilines is 1. The highest BCUT2D eigenvalue weighted by Crippen LogP contribution is 2.33. The minimum atomic E-state index is -0.125. The molecule has 1 aliphatic heterocycles. The number of likely N-dealkylation sites (tertiary alicyclic amines) is 1. The first-order chi connectivity index (χ1) is 10.6. The molecule has 1 saturated heterocycles. The number of oxazole rings is 1. The molecular weight excluding hydrogens is 282 g/mol. The van der Waals surface area contributed by atoms with E-state index in [9.17, 15) is 4.79 Å². The van der Waals surface area contributed by atoms with Crippen molar-refractivity contribution in [1.82, 2.24) is 19.9 Å². The van der Waals surface area contributed by atoms with Gasteiger partial charge in [-0.1, -0.05) is 0 Å². The van der Waals surface area contributed by atoms with E-state index in [4.69, 9.17) is 4.42 Å². The van der Waals surface area contributed by atoms with Crippen molar-refractivity contribution in [3.63, 3.8) is 0 Å². The number of rotatable bonds is 3. The lowest BCUT2D eigenvalue weighted by Crippen LogP contribution is -2.31. The third-order valence-corrected chi connectivity index (χ3v) is 3.91. The van der Waals surface area contributed by atoms with E-state index < -0.39 is 0 Å². The average molecular weight is 301 g/mol. The molecule has 2 aromatic heterocycles. The van der Waals surface area contributed by atoms with Gasteiger partial charge in [-0.2, -0.15) is 0 Å². The third kappa shape index (κ3) is 2.54. The van der Waals surface area contributed by atoms with Crippen molar-refractivity contribution in [2.45, 2.75) is 32.7 Å². The van der Waals surface area contributed by atoms with E-state index in [1.54, 1.807) is 6.92 Å². The Kier molecular flexibility index (Phi) is 3.79. The predicted molar refractivity (Wildman–Crippen MR) is 80.6 cm³/mol. The Balaban J connectivity index is 1.92. The molecule has 1 fully saturated rings. The van der Waals surface area contributed by atoms with E-state index in [-0.39, 0.29) is 11.9 Å². The molecule has 7 nitrogen and oxygen atoms in total. The van der Waals surface area contributed by atoms with Gasteiger partial charge in [0.2, 0.25) is 5.76 Å². The first-order valence-electron chi connectivity index (χ1n) is 7.34. The minimum Gasteiger partial charge on any atom is -0.438 e. The molecule has 0 spiro atoms. The lowest BCUT2D eigenvalue weighted by Gasteiger charge is -2.24. The molecule has 3 rings (SSSR count). The van der Waals surface area contributed by atoms with Gasteiger partial charge < -0.3 is 14.6 Å². The number of nitrogens with one attached hydrogen (secondary N) is 1. The summed E-state index contributed by atoms with van der Waals surface area (Å²) in [7, 11) is 1.82. The van der Waals surface area contributed by atoms with Crippen LogP contribution in [0.4, 0.5) is 5.82 Å². The lowest BCUT2D eigenvalue weighted by atomic mass is 10.1. The summed E-state index contributed by atoms with van der Waals surface area (Å²) in [4.78, 5) is 27.3. The summed E-state index contributed by atoms with van der Waals surface area (Å²) in [5, 5.41) is 3.03. The Bertz CT molecular complexity index is 697. The maximum Gasteiger partial charge on any atom is 0.292 e. The number of hydrogen-bond donors (Lipinski definition) is 1. The van der Waals surface area contributed by atoms with Crippen molar-refractivity contribution in [1.29, 1.82) is 0 Å². The van der Waals surface area contributed by atoms with Crippen molar-refractivity contribution in [3.05, 3.63) is 35.4 Å². The maximum atomic E-state index is 12.7. The fourth-order valence-corrected chi connectivity index (χ4v) is 2.84. The monoisotopic (exact) mass is 301 g/mol. The predicted octanol–water partition coefficient (Wildman–Crippen LogP) is 2.10. The fourth-order valence-electron chi connectivity index (χ4n) is 2.84. The molecule has 7 heteroatoms. The zero-order valence-corrected chi connectivity index (χ0v) is 13.0. The maximum absolute atomic E-state index is 12.7. The van der Waals surface area contributed by atoms with Gasteiger partial charge in [0.15, 0.2) is 6.39 Å². The Hall–Kier alpha value is -2.44. The summed E-state index contributed by atoms with van der Waals surface area (Å²) >= 11 is 0. The van der Waals surface area contributed by atoms with Gasteiger partial charge in [-0.05, 0) is 26.7 Å². The lowest BCUT2D eigenvalue weighted by molar-refractivity contribution is 0.0699. The summed E-state index contributed by atoms with van der Waals surface area (Å²) in [6, 6.07) is 1.85. The topological polar surface area (TPSA) is 84.2 Å². The van der Waals surface area contributed by atoms with E-state index in [2.05, 4.69) is 20.3 Å². The van der Waals surface area contributed by atoms with Gasteiger partial charge >= 0.3 is 0 Å². The zero-order valence-electron chi connectivity index (χ0n) is 13.0. The molecule has 1 amide bonds. The van der Waals surface area contributed by atoms with E-state index in [1.165, 1.54) is 6.39 Å². The van der Waals surface area contributed by atoms with Crippen LogP contribution in [-0.2, 0) is 0 Å². The first kappa shape index (κ1) is 14.5. The number of hydrogen-bond acceptors (Lipinski definition) is 6. The molecule has 1 aliphatic rings. The molecular formula is C15H19N5O2.